The molecule has 8 nitrogen and oxygen atoms in total. The quantitative estimate of drug-likeness (QED) is 0.840. The van der Waals surface area contributed by atoms with E-state index in [1.54, 1.807) is 25.3 Å². The van der Waals surface area contributed by atoms with Crippen LogP contribution in [0.3, 0.4) is 0 Å². The van der Waals surface area contributed by atoms with Crippen molar-refractivity contribution in [1.29, 1.82) is 0 Å². The molecule has 2 rings (SSSR count). The minimum atomic E-state index is -0.0875. The van der Waals surface area contributed by atoms with E-state index < -0.39 is 0 Å². The molecule has 0 fully saturated rings. The SMILES string of the molecule is COc1c(N(C)C)cc(Cc2cnc(N)nc2N)cc1N(C)C(C)=O. The van der Waals surface area contributed by atoms with E-state index in [2.05, 4.69) is 9.97 Å². The van der Waals surface area contributed by atoms with Crippen molar-refractivity contribution in [2.45, 2.75) is 13.3 Å². The Kier molecular flexibility index (Phi) is 5.31. The fraction of sp³-hybridized carbons (Fsp3) is 0.353. The number of ether oxygens (including phenoxy) is 1. The van der Waals surface area contributed by atoms with Gasteiger partial charge >= 0.3 is 0 Å². The van der Waals surface area contributed by atoms with Gasteiger partial charge in [-0.15, -0.1) is 0 Å². The molecule has 0 bridgehead atoms. The van der Waals surface area contributed by atoms with Crippen LogP contribution in [0, 0.1) is 0 Å². The molecule has 0 atom stereocenters. The molecule has 0 unspecified atom stereocenters. The van der Waals surface area contributed by atoms with Crippen LogP contribution in [0.5, 0.6) is 5.75 Å². The third kappa shape index (κ3) is 3.90. The summed E-state index contributed by atoms with van der Waals surface area (Å²) in [5.74, 6) is 1.03. The van der Waals surface area contributed by atoms with Crippen LogP contribution in [0.2, 0.25) is 0 Å². The fourth-order valence-corrected chi connectivity index (χ4v) is 2.51. The number of amides is 1. The highest BCUT2D eigenvalue weighted by atomic mass is 16.5. The molecular formula is C17H24N6O2. The number of nitrogens with two attached hydrogens (primary N) is 2. The van der Waals surface area contributed by atoms with Crippen LogP contribution >= 0.6 is 0 Å². The molecule has 0 saturated carbocycles. The molecule has 1 aromatic carbocycles. The number of benzene rings is 1. The van der Waals surface area contributed by atoms with E-state index in [4.69, 9.17) is 16.2 Å². The second-order valence-electron chi connectivity index (χ2n) is 5.96. The van der Waals surface area contributed by atoms with Crippen molar-refractivity contribution in [2.75, 3.05) is 49.5 Å². The van der Waals surface area contributed by atoms with E-state index in [1.165, 1.54) is 6.92 Å². The van der Waals surface area contributed by atoms with Gasteiger partial charge in [-0.05, 0) is 17.7 Å². The van der Waals surface area contributed by atoms with Crippen LogP contribution in [-0.2, 0) is 11.2 Å². The van der Waals surface area contributed by atoms with Crippen molar-refractivity contribution in [3.05, 3.63) is 29.5 Å². The van der Waals surface area contributed by atoms with Crippen molar-refractivity contribution < 1.29 is 9.53 Å². The lowest BCUT2D eigenvalue weighted by molar-refractivity contribution is -0.116. The molecule has 0 radical (unpaired) electrons. The second kappa shape index (κ2) is 7.25. The Bertz CT molecular complexity index is 791. The smallest absolute Gasteiger partial charge is 0.223 e. The molecule has 4 N–H and O–H groups in total. The Morgan fingerprint density at radius 2 is 1.84 bits per heavy atom. The van der Waals surface area contributed by atoms with Gasteiger partial charge in [0, 0.05) is 46.2 Å². The standard InChI is InChI=1S/C17H24N6O2/c1-10(24)23(4)14-8-11(7-13(22(2)3)15(14)25-5)6-12-9-20-17(19)21-16(12)18/h7-9H,6H2,1-5H3,(H4,18,19,20,21). The number of rotatable bonds is 5. The molecule has 0 aliphatic rings. The molecule has 8 heteroatoms. The predicted octanol–water partition coefficient (Wildman–Crippen LogP) is 1.29. The summed E-state index contributed by atoms with van der Waals surface area (Å²) in [6, 6.07) is 3.90. The summed E-state index contributed by atoms with van der Waals surface area (Å²) in [6.45, 7) is 1.51. The zero-order valence-electron chi connectivity index (χ0n) is 15.2. The van der Waals surface area contributed by atoms with Crippen LogP contribution in [0.1, 0.15) is 18.1 Å². The summed E-state index contributed by atoms with van der Waals surface area (Å²) in [6.07, 6.45) is 2.13. The number of nitrogens with zero attached hydrogens (tertiary/aromatic N) is 4. The van der Waals surface area contributed by atoms with Crippen LogP contribution in [0.25, 0.3) is 0 Å². The molecule has 2 aromatic rings. The third-order valence-electron chi connectivity index (χ3n) is 3.94. The number of anilines is 4. The van der Waals surface area contributed by atoms with Gasteiger partial charge < -0.3 is 26.0 Å². The van der Waals surface area contributed by atoms with Crippen molar-refractivity contribution in [2.24, 2.45) is 0 Å². The molecular weight excluding hydrogens is 320 g/mol. The zero-order valence-corrected chi connectivity index (χ0v) is 15.2. The molecule has 1 heterocycles. The maximum absolute atomic E-state index is 11.9. The highest BCUT2D eigenvalue weighted by molar-refractivity contribution is 5.94. The molecule has 1 amide bonds. The molecule has 0 saturated heterocycles. The molecule has 0 aliphatic carbocycles. The summed E-state index contributed by atoms with van der Waals surface area (Å²) in [4.78, 5) is 23.3. The molecule has 134 valence electrons. The van der Waals surface area contributed by atoms with Gasteiger partial charge in [0.15, 0.2) is 5.75 Å². The van der Waals surface area contributed by atoms with Gasteiger partial charge in [-0.2, -0.15) is 4.98 Å². The van der Waals surface area contributed by atoms with Crippen LogP contribution < -0.4 is 26.0 Å². The number of hydrogen-bond acceptors (Lipinski definition) is 7. The Morgan fingerprint density at radius 1 is 1.20 bits per heavy atom. The van der Waals surface area contributed by atoms with Crippen molar-refractivity contribution >= 4 is 29.0 Å². The number of carbonyl (C=O) groups is 1. The van der Waals surface area contributed by atoms with Crippen LogP contribution in [0.4, 0.5) is 23.1 Å². The van der Waals surface area contributed by atoms with E-state index in [1.807, 2.05) is 31.1 Å². The average molecular weight is 344 g/mol. The fourth-order valence-electron chi connectivity index (χ4n) is 2.51. The maximum atomic E-state index is 11.9. The van der Waals surface area contributed by atoms with Crippen molar-refractivity contribution in [3.8, 4) is 5.75 Å². The summed E-state index contributed by atoms with van der Waals surface area (Å²) in [7, 11) is 7.13. The average Bonchev–Trinajstić information content (AvgIpc) is 2.55. The van der Waals surface area contributed by atoms with E-state index in [-0.39, 0.29) is 11.9 Å². The van der Waals surface area contributed by atoms with Gasteiger partial charge in [0.05, 0.1) is 18.5 Å². The summed E-state index contributed by atoms with van der Waals surface area (Å²) < 4.78 is 5.55. The van der Waals surface area contributed by atoms with Gasteiger partial charge in [-0.3, -0.25) is 4.79 Å². The van der Waals surface area contributed by atoms with Crippen molar-refractivity contribution in [3.63, 3.8) is 0 Å². The normalized spacial score (nSPS) is 10.4. The number of methoxy groups -OCH3 is 1. The third-order valence-corrected chi connectivity index (χ3v) is 3.94. The Balaban J connectivity index is 2.56. The Hall–Kier alpha value is -3.03. The summed E-state index contributed by atoms with van der Waals surface area (Å²) in [5, 5.41) is 0. The maximum Gasteiger partial charge on any atom is 0.223 e. The topological polar surface area (TPSA) is 111 Å². The Labute approximate surface area is 147 Å². The largest absolute Gasteiger partial charge is 0.492 e. The molecule has 25 heavy (non-hydrogen) atoms. The predicted molar refractivity (Wildman–Crippen MR) is 100 cm³/mol. The summed E-state index contributed by atoms with van der Waals surface area (Å²) >= 11 is 0. The van der Waals surface area contributed by atoms with E-state index in [0.717, 1.165) is 16.8 Å². The zero-order chi connectivity index (χ0) is 18.7. The van der Waals surface area contributed by atoms with Crippen molar-refractivity contribution in [1.82, 2.24) is 9.97 Å². The molecule has 0 spiro atoms. The van der Waals surface area contributed by atoms with Gasteiger partial charge in [0.25, 0.3) is 0 Å². The van der Waals surface area contributed by atoms with Crippen LogP contribution in [-0.4, -0.2) is 44.1 Å². The lowest BCUT2D eigenvalue weighted by Gasteiger charge is -2.25. The highest BCUT2D eigenvalue weighted by Crippen LogP contribution is 2.39. The van der Waals surface area contributed by atoms with E-state index >= 15 is 0 Å². The molecule has 0 aliphatic heterocycles. The minimum absolute atomic E-state index is 0.0875. The first kappa shape index (κ1) is 18.3. The van der Waals surface area contributed by atoms with E-state index in [9.17, 15) is 4.79 Å². The van der Waals surface area contributed by atoms with Gasteiger partial charge in [-0.1, -0.05) is 0 Å². The first-order valence-corrected chi connectivity index (χ1v) is 7.74. The molecule has 1 aromatic heterocycles. The number of hydrogen-bond donors (Lipinski definition) is 2. The first-order valence-electron chi connectivity index (χ1n) is 7.74. The number of carbonyl (C=O) groups excluding carboxylic acids is 1. The van der Waals surface area contributed by atoms with Crippen LogP contribution in [0.15, 0.2) is 18.3 Å². The minimum Gasteiger partial charge on any atom is -0.492 e. The monoisotopic (exact) mass is 344 g/mol. The van der Waals surface area contributed by atoms with E-state index in [0.29, 0.717) is 23.7 Å². The van der Waals surface area contributed by atoms with Gasteiger partial charge in [-0.25, -0.2) is 4.98 Å². The lowest BCUT2D eigenvalue weighted by atomic mass is 10.0. The number of aromatic nitrogens is 2. The van der Waals surface area contributed by atoms with Gasteiger partial charge in [0.2, 0.25) is 11.9 Å². The first-order chi connectivity index (χ1) is 11.7. The van der Waals surface area contributed by atoms with Gasteiger partial charge in [0.1, 0.15) is 5.82 Å². The number of nitrogen functional groups attached to an aromatic ring is 2. The highest BCUT2D eigenvalue weighted by Gasteiger charge is 2.19. The summed E-state index contributed by atoms with van der Waals surface area (Å²) in [5.41, 5.74) is 14.8. The lowest BCUT2D eigenvalue weighted by Crippen LogP contribution is -2.24. The Morgan fingerprint density at radius 3 is 2.36 bits per heavy atom. The second-order valence-corrected chi connectivity index (χ2v) is 5.96.